The lowest BCUT2D eigenvalue weighted by Crippen LogP contribution is -2.39. The van der Waals surface area contributed by atoms with Crippen molar-refractivity contribution in [2.45, 2.75) is 32.6 Å². The molecule has 23 heavy (non-hydrogen) atoms. The molecule has 0 radical (unpaired) electrons. The third-order valence-corrected chi connectivity index (χ3v) is 5.09. The topological polar surface area (TPSA) is 45.2 Å². The number of aromatic nitrogens is 1. The molecule has 0 amide bonds. The molecule has 122 valence electrons. The van der Waals surface area contributed by atoms with Gasteiger partial charge < -0.3 is 4.37 Å². The van der Waals surface area contributed by atoms with Gasteiger partial charge in [0.2, 0.25) is 4.74 Å². The van der Waals surface area contributed by atoms with Crippen molar-refractivity contribution in [2.75, 3.05) is 6.54 Å². The molecule has 0 saturated heterocycles. The fourth-order valence-electron chi connectivity index (χ4n) is 3.43. The van der Waals surface area contributed by atoms with E-state index < -0.39 is 0 Å². The summed E-state index contributed by atoms with van der Waals surface area (Å²) in [5.74, 6) is 0. The average molecular weight is 349 g/mol. The van der Waals surface area contributed by atoms with Crippen LogP contribution < -0.4 is 4.74 Å². The molecule has 1 aromatic carbocycles. The maximum Gasteiger partial charge on any atom is 0.249 e. The molecule has 1 N–H and O–H groups in total. The number of hydrogen-bond donors (Lipinski definition) is 1. The predicted molar refractivity (Wildman–Crippen MR) is 101 cm³/mol. The maximum absolute atomic E-state index is 11.8. The zero-order chi connectivity index (χ0) is 15.7. The van der Waals surface area contributed by atoms with Crippen molar-refractivity contribution in [3.8, 4) is 0 Å². The van der Waals surface area contributed by atoms with Crippen LogP contribution in [0.4, 0.5) is 0 Å². The van der Waals surface area contributed by atoms with Gasteiger partial charge in [0.1, 0.15) is 0 Å². The molecule has 1 aliphatic carbocycles. The third-order valence-electron chi connectivity index (χ3n) is 4.44. The van der Waals surface area contributed by atoms with Gasteiger partial charge in [-0.15, -0.1) is 12.4 Å². The molecule has 5 heteroatoms. The number of nitrogens with zero attached hydrogens (tertiary/aromatic N) is 1. The molecule has 1 heterocycles. The first kappa shape index (κ1) is 17.7. The van der Waals surface area contributed by atoms with Crippen LogP contribution in [0.5, 0.6) is 0 Å². The highest BCUT2D eigenvalue weighted by Crippen LogP contribution is 2.43. The quantitative estimate of drug-likeness (QED) is 0.876. The smallest absolute Gasteiger partial charge is 0.249 e. The molecule has 1 aromatic heterocycles. The molecule has 0 fully saturated rings. The summed E-state index contributed by atoms with van der Waals surface area (Å²) < 4.78 is 3.29. The van der Waals surface area contributed by atoms with Gasteiger partial charge in [0.15, 0.2) is 0 Å². The lowest BCUT2D eigenvalue weighted by Gasteiger charge is -2.38. The Labute approximate surface area is 146 Å². The van der Waals surface area contributed by atoms with E-state index in [0.29, 0.717) is 0 Å². The summed E-state index contributed by atoms with van der Waals surface area (Å²) in [6.45, 7) is 7.07. The van der Waals surface area contributed by atoms with Crippen LogP contribution in [0, 0.1) is 0 Å². The number of aliphatic imine (C=N–C) groups is 1. The number of H-pyrrole nitrogens is 1. The van der Waals surface area contributed by atoms with E-state index in [1.807, 2.05) is 6.92 Å². The van der Waals surface area contributed by atoms with Gasteiger partial charge in [0.25, 0.3) is 0 Å². The molecule has 0 spiro atoms. The minimum Gasteiger partial charge on any atom is -0.311 e. The molecular formula is C18H21ClN2OS. The van der Waals surface area contributed by atoms with Crippen LogP contribution in [0.2, 0.25) is 0 Å². The molecule has 1 atom stereocenters. The summed E-state index contributed by atoms with van der Waals surface area (Å²) in [6.07, 6.45) is 3.03. The van der Waals surface area contributed by atoms with E-state index >= 15 is 0 Å². The maximum atomic E-state index is 11.8. The predicted octanol–water partition coefficient (Wildman–Crippen LogP) is 4.43. The van der Waals surface area contributed by atoms with E-state index in [1.165, 1.54) is 16.7 Å². The molecule has 3 nitrogen and oxygen atoms in total. The third kappa shape index (κ3) is 2.70. The zero-order valence-electron chi connectivity index (χ0n) is 13.6. The average Bonchev–Trinajstić information content (AvgIpc) is 2.96. The molecule has 3 rings (SSSR count). The van der Waals surface area contributed by atoms with Crippen LogP contribution in [0.25, 0.3) is 5.57 Å². The molecule has 0 aliphatic heterocycles. The number of nitrogens with one attached hydrogen (secondary N) is 1. The number of hydrogen-bond acceptors (Lipinski definition) is 3. The van der Waals surface area contributed by atoms with E-state index in [1.54, 1.807) is 6.07 Å². The summed E-state index contributed by atoms with van der Waals surface area (Å²) in [5, 5.41) is 0. The Bertz CT molecular complexity index is 818. The Balaban J connectivity index is 0.00000192. The lowest BCUT2D eigenvalue weighted by molar-refractivity contribution is 0.638. The minimum absolute atomic E-state index is 0. The lowest BCUT2D eigenvalue weighted by atomic mass is 9.66. The first-order valence-electron chi connectivity index (χ1n) is 7.65. The highest BCUT2D eigenvalue weighted by atomic mass is 35.5. The Morgan fingerprint density at radius 3 is 2.61 bits per heavy atom. The van der Waals surface area contributed by atoms with Gasteiger partial charge >= 0.3 is 0 Å². The van der Waals surface area contributed by atoms with E-state index in [4.69, 9.17) is 4.99 Å². The number of rotatable bonds is 3. The number of allylic oxidation sites excluding steroid dienone is 2. The van der Waals surface area contributed by atoms with Gasteiger partial charge in [0, 0.05) is 18.3 Å². The second-order valence-corrected chi connectivity index (χ2v) is 6.38. The number of benzene rings is 1. The van der Waals surface area contributed by atoms with Crippen molar-refractivity contribution in [1.29, 1.82) is 0 Å². The van der Waals surface area contributed by atoms with Crippen molar-refractivity contribution in [1.82, 2.24) is 4.37 Å². The van der Waals surface area contributed by atoms with Crippen molar-refractivity contribution in [3.63, 3.8) is 0 Å². The number of fused-ring (bicyclic) bond motifs is 1. The van der Waals surface area contributed by atoms with Crippen molar-refractivity contribution < 1.29 is 0 Å². The van der Waals surface area contributed by atoms with Gasteiger partial charge in [-0.05, 0) is 54.6 Å². The second kappa shape index (κ2) is 6.85. The van der Waals surface area contributed by atoms with Crippen LogP contribution >= 0.6 is 23.9 Å². The van der Waals surface area contributed by atoms with Gasteiger partial charge in [0.05, 0.1) is 11.1 Å². The van der Waals surface area contributed by atoms with Crippen molar-refractivity contribution in [3.05, 3.63) is 62.8 Å². The van der Waals surface area contributed by atoms with E-state index in [0.717, 1.165) is 35.9 Å². The molecular weight excluding hydrogens is 328 g/mol. The fourth-order valence-corrected chi connectivity index (χ4v) is 4.05. The van der Waals surface area contributed by atoms with E-state index in [-0.39, 0.29) is 22.6 Å². The van der Waals surface area contributed by atoms with E-state index in [9.17, 15) is 4.79 Å². The molecule has 1 unspecified atom stereocenters. The molecule has 0 bridgehead atoms. The first-order valence-corrected chi connectivity index (χ1v) is 8.47. The largest absolute Gasteiger partial charge is 0.311 e. The van der Waals surface area contributed by atoms with E-state index in [2.05, 4.69) is 48.6 Å². The summed E-state index contributed by atoms with van der Waals surface area (Å²) in [7, 11) is 0. The summed E-state index contributed by atoms with van der Waals surface area (Å²) in [5.41, 5.74) is 5.34. The van der Waals surface area contributed by atoms with Gasteiger partial charge in [-0.25, -0.2) is 0 Å². The fraction of sp³-hybridized carbons (Fsp3) is 0.333. The van der Waals surface area contributed by atoms with Crippen LogP contribution in [0.1, 0.15) is 44.0 Å². The SMILES string of the molecule is CCN=C1C=C(C)c2ccccc2C1(CC)c1cc(=O)s[nH]1.Cl. The monoisotopic (exact) mass is 348 g/mol. The minimum atomic E-state index is -0.356. The van der Waals surface area contributed by atoms with Crippen molar-refractivity contribution in [2.24, 2.45) is 4.99 Å². The molecule has 1 aliphatic rings. The van der Waals surface area contributed by atoms with Crippen LogP contribution in [-0.4, -0.2) is 16.6 Å². The Kier molecular flexibility index (Phi) is 5.27. The summed E-state index contributed by atoms with van der Waals surface area (Å²) in [6, 6.07) is 10.2. The molecule has 0 saturated carbocycles. The Morgan fingerprint density at radius 2 is 2.00 bits per heavy atom. The Morgan fingerprint density at radius 1 is 1.26 bits per heavy atom. The van der Waals surface area contributed by atoms with Crippen LogP contribution in [0.3, 0.4) is 0 Å². The summed E-state index contributed by atoms with van der Waals surface area (Å²) in [4.78, 5) is 16.5. The molecule has 2 aromatic rings. The van der Waals surface area contributed by atoms with Crippen LogP contribution in [-0.2, 0) is 5.41 Å². The highest BCUT2D eigenvalue weighted by Gasteiger charge is 2.42. The van der Waals surface area contributed by atoms with Gasteiger partial charge in [-0.3, -0.25) is 9.79 Å². The summed E-state index contributed by atoms with van der Waals surface area (Å²) >= 11 is 1.15. The standard InChI is InChI=1S/C18H20N2OS.ClH/c1-4-18(16-11-17(21)22-20-16)14-9-7-6-8-13(14)12(3)10-15(18)19-5-2;/h6-11,20H,4-5H2,1-3H3;1H. The van der Waals surface area contributed by atoms with Gasteiger partial charge in [-0.1, -0.05) is 31.2 Å². The Hall–Kier alpha value is -1.65. The number of aromatic amines is 1. The van der Waals surface area contributed by atoms with Crippen molar-refractivity contribution >= 4 is 35.2 Å². The van der Waals surface area contributed by atoms with Crippen LogP contribution in [0.15, 0.2) is 46.2 Å². The zero-order valence-corrected chi connectivity index (χ0v) is 15.2. The second-order valence-electron chi connectivity index (χ2n) is 5.57. The normalized spacial score (nSPS) is 21.5. The highest BCUT2D eigenvalue weighted by molar-refractivity contribution is 7.03. The first-order chi connectivity index (χ1) is 10.6. The van der Waals surface area contributed by atoms with Gasteiger partial charge in [-0.2, -0.15) is 0 Å². The number of halogens is 1.